The van der Waals surface area contributed by atoms with E-state index in [2.05, 4.69) is 196 Å². The SMILES string of the molecule is CC/C=C\C/C=C\C/C=C\C/C=C\C/C=C\C/C=C\C/C=C\C/C=C\CCCCCCC(=O)OC(COC(=O)CCCCCCCCCCCCCCCCCCCCC/C=C\C/C=C\C/C=C\C/C=C\C/C=C\C/C=C\C/C=C\CC)COC(OCC[N+](C)(C)C)C(=O)[O-]. The number of ether oxygens (including phenoxy) is 4. The summed E-state index contributed by atoms with van der Waals surface area (Å²) in [5.41, 5.74) is 0. The molecule has 0 aliphatic heterocycles. The number of hydrogen-bond donors (Lipinski definition) is 0. The first-order valence-corrected chi connectivity index (χ1v) is 37.9. The Balaban J connectivity index is 4.11. The van der Waals surface area contributed by atoms with Gasteiger partial charge < -0.3 is 33.3 Å². The molecule has 9 nitrogen and oxygen atoms in total. The molecule has 0 aromatic rings. The Hall–Kier alpha value is -5.61. The van der Waals surface area contributed by atoms with Crippen molar-refractivity contribution in [2.24, 2.45) is 0 Å². The average molecular weight is 1320 g/mol. The summed E-state index contributed by atoms with van der Waals surface area (Å²) in [6.07, 6.45) is 110. The van der Waals surface area contributed by atoms with E-state index in [-0.39, 0.29) is 38.6 Å². The third-order valence-corrected chi connectivity index (χ3v) is 15.6. The molecule has 0 amide bonds. The molecule has 0 spiro atoms. The monoisotopic (exact) mass is 1310 g/mol. The number of likely N-dealkylation sites (N-methyl/N-ethyl adjacent to an activating group) is 1. The number of carboxylic acids is 1. The van der Waals surface area contributed by atoms with E-state index >= 15 is 0 Å². The first-order chi connectivity index (χ1) is 46.6. The zero-order valence-corrected chi connectivity index (χ0v) is 61.2. The average Bonchev–Trinajstić information content (AvgIpc) is 2.86. The quantitative estimate of drug-likeness (QED) is 0.0195. The molecule has 0 bridgehead atoms. The van der Waals surface area contributed by atoms with Gasteiger partial charge in [-0.3, -0.25) is 9.59 Å². The minimum atomic E-state index is -1.64. The Morgan fingerprint density at radius 1 is 0.316 bits per heavy atom. The fourth-order valence-corrected chi connectivity index (χ4v) is 9.95. The smallest absolute Gasteiger partial charge is 0.306 e. The van der Waals surface area contributed by atoms with Crippen LogP contribution in [0, 0.1) is 0 Å². The fraction of sp³-hybridized carbons (Fsp3) is 0.616. The lowest BCUT2D eigenvalue weighted by atomic mass is 10.0. The molecule has 0 radical (unpaired) electrons. The summed E-state index contributed by atoms with van der Waals surface area (Å²) < 4.78 is 22.8. The number of rotatable bonds is 68. The number of esters is 2. The maximum Gasteiger partial charge on any atom is 0.306 e. The van der Waals surface area contributed by atoms with Crippen LogP contribution in [0.1, 0.15) is 284 Å². The molecule has 0 aromatic carbocycles. The van der Waals surface area contributed by atoms with Gasteiger partial charge in [0.2, 0.25) is 0 Å². The summed E-state index contributed by atoms with van der Waals surface area (Å²) in [5.74, 6) is -2.33. The molecule has 0 saturated carbocycles. The summed E-state index contributed by atoms with van der Waals surface area (Å²) in [4.78, 5) is 37.6. The molecular weight excluding hydrogens is 1170 g/mol. The van der Waals surface area contributed by atoms with Gasteiger partial charge >= 0.3 is 11.9 Å². The van der Waals surface area contributed by atoms with Gasteiger partial charge in [0, 0.05) is 12.8 Å². The van der Waals surface area contributed by atoms with Crippen LogP contribution in [0.2, 0.25) is 0 Å². The first-order valence-electron chi connectivity index (χ1n) is 37.9. The normalized spacial score (nSPS) is 13.7. The number of carbonyl (C=O) groups is 3. The van der Waals surface area contributed by atoms with Gasteiger partial charge in [0.25, 0.3) is 0 Å². The van der Waals surface area contributed by atoms with Crippen LogP contribution < -0.4 is 5.11 Å². The Bertz CT molecular complexity index is 2220. The predicted octanol–water partition coefficient (Wildman–Crippen LogP) is 23.0. The minimum Gasteiger partial charge on any atom is -0.545 e. The van der Waals surface area contributed by atoms with Crippen molar-refractivity contribution in [2.45, 2.75) is 296 Å². The van der Waals surface area contributed by atoms with Crippen molar-refractivity contribution >= 4 is 17.9 Å². The van der Waals surface area contributed by atoms with Gasteiger partial charge in [-0.15, -0.1) is 0 Å². The van der Waals surface area contributed by atoms with E-state index in [1.54, 1.807) is 0 Å². The number of carbonyl (C=O) groups excluding carboxylic acids is 3. The van der Waals surface area contributed by atoms with Crippen molar-refractivity contribution in [3.63, 3.8) is 0 Å². The Morgan fingerprint density at radius 2 is 0.568 bits per heavy atom. The zero-order chi connectivity index (χ0) is 69.0. The number of carboxylic acid groups (broad SMARTS) is 1. The van der Waals surface area contributed by atoms with E-state index in [4.69, 9.17) is 18.9 Å². The number of unbranched alkanes of at least 4 members (excludes halogenated alkanes) is 23. The maximum atomic E-state index is 12.9. The summed E-state index contributed by atoms with van der Waals surface area (Å²) in [5, 5.41) is 11.8. The van der Waals surface area contributed by atoms with Gasteiger partial charge in [-0.1, -0.05) is 318 Å². The standard InChI is InChI=1S/C86H139NO8/c1-6-8-10-12-14-16-18-20-22-24-26-28-30-32-34-36-37-38-39-40-41-42-43-44-45-46-47-49-50-52-54-56-58-60-62-64-66-68-70-72-74-76-83(88)93-80-82(81-94-86(85(90)91)92-79-78-87(3,4)5)95-84(89)77-75-73-71-69-67-65-63-61-59-57-55-53-51-48-35-33-31-29-27-25-23-21-19-17-15-13-11-9-7-2/h8-11,14-17,20-23,26-29,32-35,37-38,40-41,51,53,57,59,63,65,82,86H,6-7,12-13,18-19,24-25,30-31,36,39,42-50,52,54-56,58,60-62,64,66-81H2,1-5H3/b10-8-,11-9-,16-14-,17-15-,22-20-,23-21-,28-26-,29-27-,34-32-,35-33-,38-37-,41-40-,53-51-,59-57-,65-63-. The van der Waals surface area contributed by atoms with Gasteiger partial charge in [0.05, 0.1) is 40.3 Å². The van der Waals surface area contributed by atoms with Crippen LogP contribution in [-0.4, -0.2) is 82.3 Å². The molecule has 0 aromatic heterocycles. The summed E-state index contributed by atoms with van der Waals surface area (Å²) in [6.45, 7) is 4.48. The van der Waals surface area contributed by atoms with E-state index in [9.17, 15) is 19.5 Å². The molecule has 2 unspecified atom stereocenters. The van der Waals surface area contributed by atoms with Crippen molar-refractivity contribution in [3.05, 3.63) is 182 Å². The van der Waals surface area contributed by atoms with E-state index in [1.165, 1.54) is 109 Å². The lowest BCUT2D eigenvalue weighted by Crippen LogP contribution is -2.44. The molecule has 0 N–H and O–H groups in total. The van der Waals surface area contributed by atoms with E-state index in [0.29, 0.717) is 17.4 Å². The second-order valence-electron chi connectivity index (χ2n) is 25.8. The van der Waals surface area contributed by atoms with E-state index in [0.717, 1.165) is 141 Å². The van der Waals surface area contributed by atoms with Crippen molar-refractivity contribution in [1.82, 2.24) is 0 Å². The van der Waals surface area contributed by atoms with Gasteiger partial charge in [-0.05, 0) is 135 Å². The second kappa shape index (κ2) is 74.2. The highest BCUT2D eigenvalue weighted by Gasteiger charge is 2.22. The molecule has 0 heterocycles. The van der Waals surface area contributed by atoms with Crippen LogP contribution in [0.25, 0.3) is 0 Å². The molecular formula is C86H139NO8. The highest BCUT2D eigenvalue weighted by Crippen LogP contribution is 2.17. The number of quaternary nitrogens is 1. The summed E-state index contributed by atoms with van der Waals surface area (Å²) in [7, 11) is 5.91. The van der Waals surface area contributed by atoms with E-state index < -0.39 is 24.3 Å². The molecule has 95 heavy (non-hydrogen) atoms. The van der Waals surface area contributed by atoms with Crippen molar-refractivity contribution < 1.29 is 42.9 Å². The molecule has 0 aliphatic carbocycles. The van der Waals surface area contributed by atoms with Crippen LogP contribution in [0.15, 0.2) is 182 Å². The molecule has 0 rings (SSSR count). The lowest BCUT2D eigenvalue weighted by Gasteiger charge is -2.26. The Morgan fingerprint density at radius 3 is 0.842 bits per heavy atom. The molecule has 2 atom stereocenters. The highest BCUT2D eigenvalue weighted by atomic mass is 16.7. The molecule has 0 fully saturated rings. The largest absolute Gasteiger partial charge is 0.545 e. The van der Waals surface area contributed by atoms with Gasteiger partial charge in [0.15, 0.2) is 12.4 Å². The number of hydrogen-bond acceptors (Lipinski definition) is 8. The summed E-state index contributed by atoms with van der Waals surface area (Å²) in [6, 6.07) is 0. The van der Waals surface area contributed by atoms with Crippen LogP contribution in [-0.2, 0) is 33.3 Å². The zero-order valence-electron chi connectivity index (χ0n) is 61.2. The van der Waals surface area contributed by atoms with Crippen molar-refractivity contribution in [3.8, 4) is 0 Å². The predicted molar refractivity (Wildman–Crippen MR) is 407 cm³/mol. The maximum absolute atomic E-state index is 12.9. The number of aliphatic carboxylic acids is 1. The van der Waals surface area contributed by atoms with Crippen LogP contribution in [0.4, 0.5) is 0 Å². The molecule has 536 valence electrons. The van der Waals surface area contributed by atoms with Crippen LogP contribution in [0.3, 0.4) is 0 Å². The third-order valence-electron chi connectivity index (χ3n) is 15.6. The highest BCUT2D eigenvalue weighted by molar-refractivity contribution is 5.70. The second-order valence-corrected chi connectivity index (χ2v) is 25.8. The van der Waals surface area contributed by atoms with Crippen molar-refractivity contribution in [1.29, 1.82) is 0 Å². The fourth-order valence-electron chi connectivity index (χ4n) is 9.95. The van der Waals surface area contributed by atoms with Crippen LogP contribution >= 0.6 is 0 Å². The van der Waals surface area contributed by atoms with Gasteiger partial charge in [-0.25, -0.2) is 0 Å². The van der Waals surface area contributed by atoms with Gasteiger partial charge in [0.1, 0.15) is 13.2 Å². The Kier molecular flexibility index (Phi) is 69.8. The van der Waals surface area contributed by atoms with E-state index in [1.807, 2.05) is 21.1 Å². The molecule has 0 aliphatic rings. The first kappa shape index (κ1) is 89.4. The van der Waals surface area contributed by atoms with Crippen molar-refractivity contribution in [2.75, 3.05) is 47.5 Å². The number of allylic oxidation sites excluding steroid dienone is 30. The topological polar surface area (TPSA) is 111 Å². The number of nitrogens with zero attached hydrogens (tertiary/aromatic N) is 1. The third kappa shape index (κ3) is 75.6. The summed E-state index contributed by atoms with van der Waals surface area (Å²) >= 11 is 0. The van der Waals surface area contributed by atoms with Gasteiger partial charge in [-0.2, -0.15) is 0 Å². The molecule has 9 heteroatoms. The Labute approximate surface area is 583 Å². The van der Waals surface area contributed by atoms with Crippen LogP contribution in [0.5, 0.6) is 0 Å². The lowest BCUT2D eigenvalue weighted by molar-refractivity contribution is -0.870. The molecule has 0 saturated heterocycles. The minimum absolute atomic E-state index is 0.134.